The van der Waals surface area contributed by atoms with Crippen molar-refractivity contribution < 1.29 is 8.42 Å². The Morgan fingerprint density at radius 2 is 1.74 bits per heavy atom. The van der Waals surface area contributed by atoms with Crippen molar-refractivity contribution in [2.75, 3.05) is 33.2 Å². The number of nitrogens with two attached hydrogens (primary N) is 1. The van der Waals surface area contributed by atoms with Crippen LogP contribution in [0.4, 0.5) is 0 Å². The molecule has 1 aliphatic heterocycles. The summed E-state index contributed by atoms with van der Waals surface area (Å²) in [5, 5.41) is 1.74. The van der Waals surface area contributed by atoms with Crippen LogP contribution in [-0.4, -0.2) is 51.6 Å². The first kappa shape index (κ1) is 14.4. The summed E-state index contributed by atoms with van der Waals surface area (Å²) < 4.78 is 24.4. The highest BCUT2D eigenvalue weighted by atomic mass is 32.2. The average Bonchev–Trinajstić information content (AvgIpc) is 2.41. The summed E-state index contributed by atoms with van der Waals surface area (Å²) in [5.41, 5.74) is 6.41. The monoisotopic (exact) mass is 284 g/mol. The normalized spacial score (nSPS) is 18.6. The van der Waals surface area contributed by atoms with Crippen LogP contribution in [0.15, 0.2) is 29.2 Å². The molecular formula is C12H20N4O2S. The van der Waals surface area contributed by atoms with E-state index in [4.69, 9.17) is 5.73 Å². The highest BCUT2D eigenvalue weighted by Gasteiger charge is 2.21. The topological polar surface area (TPSA) is 78.7 Å². The molecule has 0 aromatic heterocycles. The number of hydrazine groups is 1. The first-order chi connectivity index (χ1) is 9.01. The second-order valence-electron chi connectivity index (χ2n) is 4.73. The van der Waals surface area contributed by atoms with Gasteiger partial charge in [0.1, 0.15) is 0 Å². The summed E-state index contributed by atoms with van der Waals surface area (Å²) >= 11 is 0. The number of likely N-dealkylation sites (N-methyl/N-ethyl adjacent to an activating group) is 1. The Morgan fingerprint density at radius 1 is 1.16 bits per heavy atom. The standard InChI is InChI=1S/C12H20N4O2S/c1-15-6-8-16(9-7-15)14-19(17,18)12-4-2-11(10-13)3-5-12/h2-5,14H,6-10,13H2,1H3. The molecule has 1 aromatic rings. The van der Waals surface area contributed by atoms with Gasteiger partial charge >= 0.3 is 0 Å². The summed E-state index contributed by atoms with van der Waals surface area (Å²) in [6, 6.07) is 6.64. The van der Waals surface area contributed by atoms with Crippen molar-refractivity contribution >= 4 is 10.0 Å². The lowest BCUT2D eigenvalue weighted by Crippen LogP contribution is -2.52. The van der Waals surface area contributed by atoms with Crippen molar-refractivity contribution in [1.82, 2.24) is 14.7 Å². The Balaban J connectivity index is 2.05. The molecule has 1 heterocycles. The summed E-state index contributed by atoms with van der Waals surface area (Å²) in [5.74, 6) is 0. The zero-order chi connectivity index (χ0) is 13.9. The molecule has 6 nitrogen and oxygen atoms in total. The minimum Gasteiger partial charge on any atom is -0.326 e. The lowest BCUT2D eigenvalue weighted by Gasteiger charge is -2.32. The van der Waals surface area contributed by atoms with Gasteiger partial charge in [-0.25, -0.2) is 13.4 Å². The molecule has 1 saturated heterocycles. The zero-order valence-electron chi connectivity index (χ0n) is 11.0. The van der Waals surface area contributed by atoms with E-state index in [1.54, 1.807) is 29.3 Å². The van der Waals surface area contributed by atoms with Gasteiger partial charge in [-0.3, -0.25) is 0 Å². The number of nitrogens with one attached hydrogen (secondary N) is 1. The highest BCUT2D eigenvalue weighted by Crippen LogP contribution is 2.11. The number of hydrogen-bond donors (Lipinski definition) is 2. The average molecular weight is 284 g/mol. The van der Waals surface area contributed by atoms with Gasteiger partial charge in [0.25, 0.3) is 10.0 Å². The van der Waals surface area contributed by atoms with Crippen LogP contribution in [0, 0.1) is 0 Å². The van der Waals surface area contributed by atoms with E-state index in [0.29, 0.717) is 19.6 Å². The molecule has 2 rings (SSSR count). The predicted octanol–water partition coefficient (Wildman–Crippen LogP) is -0.414. The molecule has 19 heavy (non-hydrogen) atoms. The van der Waals surface area contributed by atoms with Gasteiger partial charge in [-0.05, 0) is 24.7 Å². The second kappa shape index (κ2) is 5.98. The van der Waals surface area contributed by atoms with Crippen molar-refractivity contribution in [3.63, 3.8) is 0 Å². The van der Waals surface area contributed by atoms with Crippen molar-refractivity contribution in [3.05, 3.63) is 29.8 Å². The molecular weight excluding hydrogens is 264 g/mol. The maximum absolute atomic E-state index is 12.2. The number of rotatable bonds is 4. The Bertz CT molecular complexity index is 507. The molecule has 0 saturated carbocycles. The van der Waals surface area contributed by atoms with Crippen LogP contribution in [-0.2, 0) is 16.6 Å². The smallest absolute Gasteiger partial charge is 0.253 e. The molecule has 0 unspecified atom stereocenters. The van der Waals surface area contributed by atoms with Gasteiger partial charge in [0, 0.05) is 32.7 Å². The van der Waals surface area contributed by atoms with E-state index in [9.17, 15) is 8.42 Å². The van der Waals surface area contributed by atoms with E-state index >= 15 is 0 Å². The number of nitrogens with zero attached hydrogens (tertiary/aromatic N) is 2. The van der Waals surface area contributed by atoms with Gasteiger partial charge in [-0.1, -0.05) is 12.1 Å². The lowest BCUT2D eigenvalue weighted by molar-refractivity contribution is 0.135. The molecule has 0 aliphatic carbocycles. The third kappa shape index (κ3) is 3.74. The first-order valence-corrected chi connectivity index (χ1v) is 7.74. The van der Waals surface area contributed by atoms with Crippen molar-refractivity contribution in [2.45, 2.75) is 11.4 Å². The van der Waals surface area contributed by atoms with Crippen molar-refractivity contribution in [3.8, 4) is 0 Å². The van der Waals surface area contributed by atoms with Gasteiger partial charge in [0.05, 0.1) is 4.90 Å². The molecule has 0 amide bonds. The predicted molar refractivity (Wildman–Crippen MR) is 73.7 cm³/mol. The Labute approximate surface area is 114 Å². The van der Waals surface area contributed by atoms with Crippen molar-refractivity contribution in [2.24, 2.45) is 5.73 Å². The molecule has 0 radical (unpaired) electrons. The SMILES string of the molecule is CN1CCN(NS(=O)(=O)c2ccc(CN)cc2)CC1. The fourth-order valence-electron chi connectivity index (χ4n) is 1.93. The molecule has 106 valence electrons. The summed E-state index contributed by atoms with van der Waals surface area (Å²) in [4.78, 5) is 5.05. The highest BCUT2D eigenvalue weighted by molar-refractivity contribution is 7.89. The Kier molecular flexibility index (Phi) is 4.54. The lowest BCUT2D eigenvalue weighted by atomic mass is 10.2. The summed E-state index contributed by atoms with van der Waals surface area (Å²) in [6.07, 6.45) is 0. The van der Waals surface area contributed by atoms with Crippen LogP contribution in [0.25, 0.3) is 0 Å². The van der Waals surface area contributed by atoms with Crippen LogP contribution in [0.5, 0.6) is 0 Å². The molecule has 7 heteroatoms. The van der Waals surface area contributed by atoms with Crippen molar-refractivity contribution in [1.29, 1.82) is 0 Å². The summed E-state index contributed by atoms with van der Waals surface area (Å²) in [7, 11) is -1.46. The van der Waals surface area contributed by atoms with Gasteiger partial charge in [-0.15, -0.1) is 4.83 Å². The fraction of sp³-hybridized carbons (Fsp3) is 0.500. The number of hydrogen-bond acceptors (Lipinski definition) is 5. The Hall–Kier alpha value is -0.990. The minimum absolute atomic E-state index is 0.267. The third-order valence-electron chi connectivity index (χ3n) is 3.22. The molecule has 0 atom stereocenters. The van der Waals surface area contributed by atoms with Crippen LogP contribution in [0.1, 0.15) is 5.56 Å². The number of sulfonamides is 1. The van der Waals surface area contributed by atoms with E-state index in [2.05, 4.69) is 9.73 Å². The molecule has 1 aromatic carbocycles. The molecule has 3 N–H and O–H groups in total. The largest absolute Gasteiger partial charge is 0.326 e. The second-order valence-corrected chi connectivity index (χ2v) is 6.39. The third-order valence-corrected chi connectivity index (χ3v) is 4.61. The van der Waals surface area contributed by atoms with Gasteiger partial charge < -0.3 is 10.6 Å². The maximum atomic E-state index is 12.2. The first-order valence-electron chi connectivity index (χ1n) is 6.26. The van der Waals surface area contributed by atoms with E-state index < -0.39 is 10.0 Å². The summed E-state index contributed by atoms with van der Waals surface area (Å²) in [6.45, 7) is 3.50. The van der Waals surface area contributed by atoms with E-state index in [0.717, 1.165) is 18.7 Å². The minimum atomic E-state index is -3.49. The van der Waals surface area contributed by atoms with Gasteiger partial charge in [0.15, 0.2) is 0 Å². The molecule has 0 bridgehead atoms. The quantitative estimate of drug-likeness (QED) is 0.785. The maximum Gasteiger partial charge on any atom is 0.253 e. The van der Waals surface area contributed by atoms with Gasteiger partial charge in [0.2, 0.25) is 0 Å². The van der Waals surface area contributed by atoms with E-state index in [1.807, 2.05) is 7.05 Å². The number of benzene rings is 1. The van der Waals surface area contributed by atoms with Crippen LogP contribution in [0.3, 0.4) is 0 Å². The molecule has 0 spiro atoms. The van der Waals surface area contributed by atoms with Crippen LogP contribution >= 0.6 is 0 Å². The molecule has 1 fully saturated rings. The van der Waals surface area contributed by atoms with E-state index in [-0.39, 0.29) is 4.90 Å². The molecule has 1 aliphatic rings. The zero-order valence-corrected chi connectivity index (χ0v) is 11.9. The Morgan fingerprint density at radius 3 is 2.26 bits per heavy atom. The van der Waals surface area contributed by atoms with E-state index in [1.165, 1.54) is 0 Å². The fourth-order valence-corrected chi connectivity index (χ4v) is 3.05. The van der Waals surface area contributed by atoms with Gasteiger partial charge in [-0.2, -0.15) is 0 Å². The van der Waals surface area contributed by atoms with Crippen LogP contribution < -0.4 is 10.6 Å². The van der Waals surface area contributed by atoms with Crippen LogP contribution in [0.2, 0.25) is 0 Å². The number of piperazine rings is 1.